The summed E-state index contributed by atoms with van der Waals surface area (Å²) in [5.74, 6) is -2.15. The van der Waals surface area contributed by atoms with Gasteiger partial charge < -0.3 is 11.1 Å². The van der Waals surface area contributed by atoms with Crippen LogP contribution in [0.1, 0.15) is 31.4 Å². The van der Waals surface area contributed by atoms with Crippen LogP contribution in [0, 0.1) is 11.8 Å². The third kappa shape index (κ3) is 4.79. The lowest BCUT2D eigenvalue weighted by atomic mass is 9.76. The fraction of sp³-hybridized carbons (Fsp3) is 0.440. The fourth-order valence-electron chi connectivity index (χ4n) is 5.25. The Morgan fingerprint density at radius 3 is 2.08 bits per heavy atom. The van der Waals surface area contributed by atoms with Crippen molar-refractivity contribution in [1.82, 2.24) is 10.6 Å². The van der Waals surface area contributed by atoms with Crippen molar-refractivity contribution < 1.29 is 31.2 Å². The van der Waals surface area contributed by atoms with E-state index >= 15 is 0 Å². The maximum atomic E-state index is 14.1. The van der Waals surface area contributed by atoms with Gasteiger partial charge in [0.2, 0.25) is 5.91 Å². The summed E-state index contributed by atoms with van der Waals surface area (Å²) in [6.07, 6.45) is -3.13. The van der Waals surface area contributed by atoms with Gasteiger partial charge in [-0.3, -0.25) is 14.9 Å². The quantitative estimate of drug-likeness (QED) is 0.536. The highest BCUT2D eigenvalue weighted by Gasteiger charge is 2.58. The van der Waals surface area contributed by atoms with Crippen molar-refractivity contribution in [2.75, 3.05) is 12.8 Å². The first-order valence-corrected chi connectivity index (χ1v) is 13.5. The molecule has 1 saturated heterocycles. The van der Waals surface area contributed by atoms with E-state index in [1.54, 1.807) is 19.1 Å². The minimum absolute atomic E-state index is 0.0763. The van der Waals surface area contributed by atoms with Crippen molar-refractivity contribution in [3.05, 3.63) is 54.1 Å². The van der Waals surface area contributed by atoms with Crippen LogP contribution < -0.4 is 16.4 Å². The number of amides is 1. The Hall–Kier alpha value is -2.76. The average Bonchev–Trinajstić information content (AvgIpc) is 3.33. The zero-order valence-electron chi connectivity index (χ0n) is 19.8. The summed E-state index contributed by atoms with van der Waals surface area (Å²) in [5, 5.41) is 5.12. The van der Waals surface area contributed by atoms with Crippen molar-refractivity contribution in [1.29, 1.82) is 0 Å². The number of hydrogen-bond donors (Lipinski definition) is 3. The molecule has 1 aliphatic carbocycles. The zero-order valence-corrected chi connectivity index (χ0v) is 20.6. The Morgan fingerprint density at radius 2 is 1.61 bits per heavy atom. The molecule has 2 fully saturated rings. The van der Waals surface area contributed by atoms with Gasteiger partial charge in [-0.2, -0.15) is 13.2 Å². The zero-order chi connectivity index (χ0) is 26.5. The first-order valence-electron chi connectivity index (χ1n) is 11.6. The molecule has 1 saturated carbocycles. The molecular formula is C25H28F3N3O4S. The van der Waals surface area contributed by atoms with Gasteiger partial charge in [-0.25, -0.2) is 8.42 Å². The monoisotopic (exact) mass is 523 g/mol. The minimum atomic E-state index is -4.69. The van der Waals surface area contributed by atoms with Crippen LogP contribution in [0.3, 0.4) is 0 Å². The van der Waals surface area contributed by atoms with E-state index in [4.69, 9.17) is 5.73 Å². The van der Waals surface area contributed by atoms with Crippen molar-refractivity contribution >= 4 is 21.5 Å². The van der Waals surface area contributed by atoms with Gasteiger partial charge in [0.05, 0.1) is 22.4 Å². The van der Waals surface area contributed by atoms with Crippen molar-refractivity contribution in [2.24, 2.45) is 17.6 Å². The van der Waals surface area contributed by atoms with Gasteiger partial charge in [0.25, 0.3) is 0 Å². The normalized spacial score (nSPS) is 27.8. The van der Waals surface area contributed by atoms with E-state index in [2.05, 4.69) is 10.6 Å². The first-order chi connectivity index (χ1) is 16.7. The first kappa shape index (κ1) is 26.3. The van der Waals surface area contributed by atoms with Gasteiger partial charge in [0.1, 0.15) is 6.04 Å². The molecule has 1 aliphatic heterocycles. The number of rotatable bonds is 6. The summed E-state index contributed by atoms with van der Waals surface area (Å²) in [7, 11) is -3.37. The Labute approximate surface area is 207 Å². The van der Waals surface area contributed by atoms with Crippen LogP contribution in [-0.2, 0) is 19.4 Å². The predicted molar refractivity (Wildman–Crippen MR) is 128 cm³/mol. The molecule has 4 rings (SSSR count). The number of ketones is 1. The van der Waals surface area contributed by atoms with E-state index in [0.29, 0.717) is 24.1 Å². The largest absolute Gasteiger partial charge is 0.407 e. The Balaban J connectivity index is 1.56. The molecule has 1 amide bonds. The van der Waals surface area contributed by atoms with E-state index < -0.39 is 51.3 Å². The van der Waals surface area contributed by atoms with Crippen LogP contribution in [0.2, 0.25) is 0 Å². The summed E-state index contributed by atoms with van der Waals surface area (Å²) in [4.78, 5) is 25.6. The number of carbonyl (C=O) groups is 2. The Bertz CT molecular complexity index is 1260. The van der Waals surface area contributed by atoms with Crippen LogP contribution in [0.5, 0.6) is 0 Å². The van der Waals surface area contributed by atoms with E-state index in [9.17, 15) is 31.2 Å². The van der Waals surface area contributed by atoms with Crippen LogP contribution in [0.25, 0.3) is 11.1 Å². The number of hydrogen-bond acceptors (Lipinski definition) is 6. The fourth-order valence-corrected chi connectivity index (χ4v) is 5.88. The van der Waals surface area contributed by atoms with Gasteiger partial charge in [-0.15, -0.1) is 0 Å². The molecule has 2 aromatic carbocycles. The maximum absolute atomic E-state index is 14.1. The van der Waals surface area contributed by atoms with E-state index in [0.717, 1.165) is 6.26 Å². The van der Waals surface area contributed by atoms with Crippen LogP contribution in [0.4, 0.5) is 13.2 Å². The summed E-state index contributed by atoms with van der Waals surface area (Å²) >= 11 is 0. The number of alkyl halides is 3. The maximum Gasteiger partial charge on any atom is 0.407 e. The lowest BCUT2D eigenvalue weighted by molar-refractivity contribution is -0.160. The highest BCUT2D eigenvalue weighted by atomic mass is 32.2. The second-order valence-corrected chi connectivity index (χ2v) is 11.7. The molecule has 2 aromatic rings. The number of Topliss-reactive ketones (excluding diaryl/α,β-unsaturated/α-hetero) is 1. The summed E-state index contributed by atoms with van der Waals surface area (Å²) < 4.78 is 65.6. The molecule has 5 atom stereocenters. The molecule has 0 radical (unpaired) electrons. The molecule has 36 heavy (non-hydrogen) atoms. The third-order valence-corrected chi connectivity index (χ3v) is 8.46. The van der Waals surface area contributed by atoms with Gasteiger partial charge in [-0.05, 0) is 47.6 Å². The van der Waals surface area contributed by atoms with Crippen molar-refractivity contribution in [3.63, 3.8) is 0 Å². The van der Waals surface area contributed by atoms with Crippen LogP contribution in [0.15, 0.2) is 53.4 Å². The minimum Gasteiger partial charge on any atom is -0.356 e. The molecular weight excluding hydrogens is 495 g/mol. The molecule has 7 nitrogen and oxygen atoms in total. The summed E-state index contributed by atoms with van der Waals surface area (Å²) in [6, 6.07) is 8.48. The van der Waals surface area contributed by atoms with Crippen LogP contribution in [-0.4, -0.2) is 50.7 Å². The standard InChI is InChI=1S/C25H28F3N3O4S/c1-14-13-20(22(32)24(14,29)19-11-12-30-23(19)33)31-21(25(26,27)28)17-5-3-15(4-6-17)16-7-9-18(10-8-16)36(2,34)35/h3-10,14,19-21,31H,11-13,29H2,1-2H3,(H,30,33)/t14?,19?,20-,21-,24?/m0/s1. The molecule has 0 aromatic heterocycles. The second kappa shape index (κ2) is 9.28. The van der Waals surface area contributed by atoms with Crippen molar-refractivity contribution in [3.8, 4) is 11.1 Å². The lowest BCUT2D eigenvalue weighted by Gasteiger charge is -2.32. The second-order valence-electron chi connectivity index (χ2n) is 9.68. The molecule has 4 N–H and O–H groups in total. The number of sulfone groups is 1. The molecule has 11 heteroatoms. The van der Waals surface area contributed by atoms with E-state index in [1.165, 1.54) is 36.4 Å². The van der Waals surface area contributed by atoms with Gasteiger partial charge in [0.15, 0.2) is 15.6 Å². The van der Waals surface area contributed by atoms with E-state index in [-0.39, 0.29) is 22.8 Å². The van der Waals surface area contributed by atoms with Crippen molar-refractivity contribution in [2.45, 2.75) is 48.5 Å². The van der Waals surface area contributed by atoms with Crippen LogP contribution >= 0.6 is 0 Å². The molecule has 2 aliphatic rings. The number of carbonyl (C=O) groups excluding carboxylic acids is 2. The number of benzene rings is 2. The topological polar surface area (TPSA) is 118 Å². The Morgan fingerprint density at radius 1 is 1.06 bits per heavy atom. The van der Waals surface area contributed by atoms with E-state index in [1.807, 2.05) is 0 Å². The molecule has 194 valence electrons. The smallest absolute Gasteiger partial charge is 0.356 e. The number of nitrogens with one attached hydrogen (secondary N) is 2. The lowest BCUT2D eigenvalue weighted by Crippen LogP contribution is -2.59. The summed E-state index contributed by atoms with van der Waals surface area (Å²) in [6.45, 7) is 2.08. The molecule has 0 bridgehead atoms. The number of nitrogens with two attached hydrogens (primary N) is 1. The highest BCUT2D eigenvalue weighted by molar-refractivity contribution is 7.90. The molecule has 3 unspecified atom stereocenters. The third-order valence-electron chi connectivity index (χ3n) is 7.33. The van der Waals surface area contributed by atoms with Gasteiger partial charge >= 0.3 is 6.18 Å². The molecule has 1 heterocycles. The van der Waals surface area contributed by atoms with Gasteiger partial charge in [-0.1, -0.05) is 43.3 Å². The average molecular weight is 524 g/mol. The predicted octanol–water partition coefficient (Wildman–Crippen LogP) is 2.76. The van der Waals surface area contributed by atoms with Gasteiger partial charge in [0, 0.05) is 12.8 Å². The Kier molecular flexibility index (Phi) is 6.78. The molecule has 0 spiro atoms. The number of halogens is 3. The highest BCUT2D eigenvalue weighted by Crippen LogP contribution is 2.42. The summed E-state index contributed by atoms with van der Waals surface area (Å²) in [5.41, 5.74) is 6.07. The SMILES string of the molecule is CC1C[C@H](N[C@@H](c2ccc(-c3ccc(S(C)(=O)=O)cc3)cc2)C(F)(F)F)C(=O)C1(N)C1CCNC1=O.